The van der Waals surface area contributed by atoms with Crippen LogP contribution in [0, 0.1) is 0 Å². The third-order valence-electron chi connectivity index (χ3n) is 5.37. The molecule has 1 atom stereocenters. The Hall–Kier alpha value is -4.53. The lowest BCUT2D eigenvalue weighted by Crippen LogP contribution is -2.50. The molecule has 4 aromatic rings. The van der Waals surface area contributed by atoms with Crippen molar-refractivity contribution in [2.45, 2.75) is 19.6 Å². The van der Waals surface area contributed by atoms with Gasteiger partial charge in [-0.2, -0.15) is 0 Å². The summed E-state index contributed by atoms with van der Waals surface area (Å²) < 4.78 is 7.64. The number of allylic oxidation sites excluding steroid dienone is 1. The minimum atomic E-state index is -0.448. The summed E-state index contributed by atoms with van der Waals surface area (Å²) in [5, 5.41) is 16.9. The van der Waals surface area contributed by atoms with Crippen molar-refractivity contribution in [2.24, 2.45) is 0 Å². The fraction of sp³-hybridized carbons (Fsp3) is 0.125. The van der Waals surface area contributed by atoms with Crippen LogP contribution in [0.5, 0.6) is 5.75 Å². The molecule has 33 heavy (non-hydrogen) atoms. The second-order valence-corrected chi connectivity index (χ2v) is 7.60. The predicted octanol–water partition coefficient (Wildman–Crippen LogP) is 2.99. The summed E-state index contributed by atoms with van der Waals surface area (Å²) in [6.45, 7) is 2.33. The van der Waals surface area contributed by atoms with E-state index < -0.39 is 6.04 Å². The first kappa shape index (κ1) is 20.4. The number of aromatic nitrogens is 5. The van der Waals surface area contributed by atoms with E-state index in [1.54, 1.807) is 29.2 Å². The highest BCUT2D eigenvalue weighted by Crippen LogP contribution is 2.30. The number of benzene rings is 2. The van der Waals surface area contributed by atoms with Crippen LogP contribution in [-0.4, -0.2) is 26.4 Å². The van der Waals surface area contributed by atoms with E-state index in [0.717, 1.165) is 16.9 Å². The van der Waals surface area contributed by atoms with Gasteiger partial charge in [0.1, 0.15) is 17.6 Å². The number of hydrogen-bond acceptors (Lipinski definition) is 6. The van der Waals surface area contributed by atoms with Gasteiger partial charge in [-0.3, -0.25) is 15.1 Å². The first-order valence-electron chi connectivity index (χ1n) is 10.5. The lowest BCUT2D eigenvalue weighted by molar-refractivity contribution is -0.750. The Morgan fingerprint density at radius 3 is 2.67 bits per heavy atom. The van der Waals surface area contributed by atoms with Gasteiger partial charge in [-0.15, -0.1) is 9.90 Å². The summed E-state index contributed by atoms with van der Waals surface area (Å²) in [4.78, 5) is 17.4. The van der Waals surface area contributed by atoms with Crippen molar-refractivity contribution in [1.82, 2.24) is 20.5 Å². The molecule has 9 nitrogen and oxygen atoms in total. The van der Waals surface area contributed by atoms with Gasteiger partial charge in [-0.25, -0.2) is 0 Å². The smallest absolute Gasteiger partial charge is 0.405 e. The van der Waals surface area contributed by atoms with E-state index in [-0.39, 0.29) is 5.91 Å². The molecule has 0 fully saturated rings. The minimum Gasteiger partial charge on any atom is -0.489 e. The van der Waals surface area contributed by atoms with Gasteiger partial charge in [0.2, 0.25) is 0 Å². The van der Waals surface area contributed by atoms with E-state index in [1.807, 2.05) is 61.5 Å². The number of fused-ring (bicyclic) bond motifs is 1. The maximum atomic E-state index is 13.3. The molecule has 0 saturated heterocycles. The zero-order chi connectivity index (χ0) is 22.6. The molecular formula is C24H22N7O2+. The Labute approximate surface area is 190 Å². The number of H-pyrrole nitrogens is 1. The van der Waals surface area contributed by atoms with Crippen molar-refractivity contribution in [3.8, 4) is 5.75 Å². The number of nitrogens with one attached hydrogen (secondary N) is 3. The Morgan fingerprint density at radius 1 is 1.09 bits per heavy atom. The number of tetrazole rings is 1. The molecule has 0 spiro atoms. The van der Waals surface area contributed by atoms with Crippen LogP contribution in [0.4, 0.5) is 11.6 Å². The first-order valence-corrected chi connectivity index (χ1v) is 10.5. The standard InChI is InChI=1S/C24H21N7O2/c1-16-21(23(32)27-19-8-5-13-25-14-19)22(31-24(26-16)28-29-30-31)18-9-11-20(12-10-18)33-15-17-6-3-2-4-7-17/h2-14,22H,15H2,1H3,(H2,26,27,28,30,32)/p+1. The second kappa shape index (κ2) is 8.91. The van der Waals surface area contributed by atoms with Crippen molar-refractivity contribution < 1.29 is 14.2 Å². The molecule has 1 aliphatic heterocycles. The highest BCUT2D eigenvalue weighted by atomic mass is 16.5. The highest BCUT2D eigenvalue weighted by molar-refractivity contribution is 6.05. The molecule has 0 bridgehead atoms. The van der Waals surface area contributed by atoms with Crippen LogP contribution >= 0.6 is 0 Å². The lowest BCUT2D eigenvalue weighted by Gasteiger charge is -2.24. The molecule has 1 amide bonds. The van der Waals surface area contributed by atoms with E-state index in [2.05, 4.69) is 31.1 Å². The van der Waals surface area contributed by atoms with Gasteiger partial charge < -0.3 is 10.1 Å². The van der Waals surface area contributed by atoms with Gasteiger partial charge in [0.15, 0.2) is 6.04 Å². The van der Waals surface area contributed by atoms with Gasteiger partial charge in [0.25, 0.3) is 5.91 Å². The van der Waals surface area contributed by atoms with E-state index in [9.17, 15) is 4.79 Å². The number of carbonyl (C=O) groups excluding carboxylic acids is 1. The van der Waals surface area contributed by atoms with Gasteiger partial charge in [-0.1, -0.05) is 42.5 Å². The predicted molar refractivity (Wildman–Crippen MR) is 121 cm³/mol. The average Bonchev–Trinajstić information content (AvgIpc) is 3.31. The van der Waals surface area contributed by atoms with Crippen LogP contribution in [-0.2, 0) is 11.4 Å². The van der Waals surface area contributed by atoms with Crippen molar-refractivity contribution in [3.63, 3.8) is 0 Å². The van der Waals surface area contributed by atoms with Crippen molar-refractivity contribution in [3.05, 3.63) is 102 Å². The molecule has 9 heteroatoms. The SMILES string of the molecule is CC1=C(C(=O)Nc2cccnc2)C(c2ccc(OCc3ccccc3)cc2)[n+]2[nH]nnc2N1. The lowest BCUT2D eigenvalue weighted by atomic mass is 9.95. The Morgan fingerprint density at radius 2 is 1.91 bits per heavy atom. The van der Waals surface area contributed by atoms with Crippen LogP contribution in [0.25, 0.3) is 0 Å². The number of ether oxygens (including phenoxy) is 1. The molecule has 0 aliphatic carbocycles. The Kier molecular flexibility index (Phi) is 5.50. The zero-order valence-electron chi connectivity index (χ0n) is 17.9. The van der Waals surface area contributed by atoms with Gasteiger partial charge in [-0.05, 0) is 42.3 Å². The van der Waals surface area contributed by atoms with Gasteiger partial charge in [0, 0.05) is 6.20 Å². The first-order chi connectivity index (χ1) is 16.2. The number of pyridine rings is 1. The molecule has 2 aromatic heterocycles. The quantitative estimate of drug-likeness (QED) is 0.398. The molecule has 0 radical (unpaired) electrons. The van der Waals surface area contributed by atoms with Crippen LogP contribution in [0.15, 0.2) is 90.4 Å². The summed E-state index contributed by atoms with van der Waals surface area (Å²) in [7, 11) is 0. The van der Waals surface area contributed by atoms with Crippen LogP contribution in [0.2, 0.25) is 0 Å². The monoisotopic (exact) mass is 440 g/mol. The molecule has 3 N–H and O–H groups in total. The zero-order valence-corrected chi connectivity index (χ0v) is 17.9. The van der Waals surface area contributed by atoms with Crippen molar-refractivity contribution >= 4 is 17.5 Å². The topological polar surface area (TPSA) is 109 Å². The fourth-order valence-electron chi connectivity index (χ4n) is 3.78. The molecule has 164 valence electrons. The molecule has 1 unspecified atom stereocenters. The second-order valence-electron chi connectivity index (χ2n) is 7.60. The van der Waals surface area contributed by atoms with Crippen molar-refractivity contribution in [2.75, 3.05) is 10.6 Å². The van der Waals surface area contributed by atoms with Crippen molar-refractivity contribution in [1.29, 1.82) is 0 Å². The average molecular weight is 440 g/mol. The molecule has 3 heterocycles. The number of hydrogen-bond donors (Lipinski definition) is 3. The summed E-state index contributed by atoms with van der Waals surface area (Å²) in [5.41, 5.74) is 3.83. The molecule has 0 saturated carbocycles. The Balaban J connectivity index is 1.42. The normalized spacial score (nSPS) is 14.9. The van der Waals surface area contributed by atoms with Crippen LogP contribution in [0.1, 0.15) is 24.1 Å². The highest BCUT2D eigenvalue weighted by Gasteiger charge is 2.38. The largest absolute Gasteiger partial charge is 0.489 e. The van der Waals surface area contributed by atoms with E-state index in [4.69, 9.17) is 4.74 Å². The number of amides is 1. The third-order valence-corrected chi connectivity index (χ3v) is 5.37. The Bertz CT molecular complexity index is 1290. The summed E-state index contributed by atoms with van der Waals surface area (Å²) >= 11 is 0. The molecule has 5 rings (SSSR count). The van der Waals surface area contributed by atoms with Crippen LogP contribution in [0.3, 0.4) is 0 Å². The van der Waals surface area contributed by atoms with E-state index in [0.29, 0.717) is 29.5 Å². The van der Waals surface area contributed by atoms with E-state index >= 15 is 0 Å². The summed E-state index contributed by atoms with van der Waals surface area (Å²) in [6.07, 6.45) is 3.26. The summed E-state index contributed by atoms with van der Waals surface area (Å²) in [6, 6.07) is 20.8. The maximum absolute atomic E-state index is 13.3. The summed E-state index contributed by atoms with van der Waals surface area (Å²) in [5.74, 6) is 1.03. The third kappa shape index (κ3) is 4.29. The van der Waals surface area contributed by atoms with Gasteiger partial charge >= 0.3 is 5.95 Å². The number of nitrogens with zero attached hydrogens (tertiary/aromatic N) is 4. The van der Waals surface area contributed by atoms with Gasteiger partial charge in [0.05, 0.1) is 28.3 Å². The fourth-order valence-corrected chi connectivity index (χ4v) is 3.78. The number of aromatic amines is 1. The number of carbonyl (C=O) groups is 1. The van der Waals surface area contributed by atoms with E-state index in [1.165, 1.54) is 0 Å². The molecular weight excluding hydrogens is 418 g/mol. The number of rotatable bonds is 6. The minimum absolute atomic E-state index is 0.241. The van der Waals surface area contributed by atoms with Crippen LogP contribution < -0.4 is 20.1 Å². The maximum Gasteiger partial charge on any atom is 0.405 e. The molecule has 2 aromatic carbocycles. The molecule has 1 aliphatic rings. The number of anilines is 2.